The lowest BCUT2D eigenvalue weighted by Gasteiger charge is -2.12. The van der Waals surface area contributed by atoms with Gasteiger partial charge in [-0.25, -0.2) is 4.99 Å². The number of hydrogen-bond acceptors (Lipinski definition) is 3. The molecule has 23 heavy (non-hydrogen) atoms. The van der Waals surface area contributed by atoms with Gasteiger partial charge in [0, 0.05) is 26.3 Å². The number of guanidine groups is 1. The molecule has 1 aromatic carbocycles. The lowest BCUT2D eigenvalue weighted by atomic mass is 10.1. The highest BCUT2D eigenvalue weighted by Crippen LogP contribution is 2.09. The Morgan fingerprint density at radius 1 is 1.09 bits per heavy atom. The van der Waals surface area contributed by atoms with E-state index >= 15 is 0 Å². The highest BCUT2D eigenvalue weighted by molar-refractivity contribution is 5.79. The van der Waals surface area contributed by atoms with Crippen LogP contribution < -0.4 is 10.6 Å². The predicted molar refractivity (Wildman–Crippen MR) is 95.5 cm³/mol. The van der Waals surface area contributed by atoms with Crippen molar-refractivity contribution in [2.75, 3.05) is 26.3 Å². The molecular weight excluding hydrogens is 290 g/mol. The third-order valence-corrected chi connectivity index (χ3v) is 3.44. The Labute approximate surface area is 140 Å². The van der Waals surface area contributed by atoms with Crippen LogP contribution in [0.5, 0.6) is 0 Å². The standard InChI is InChI=1S/C18H31N3O2/c1-3-5-12-23-13-8-11-20-18(19-4-2)21-14-16-9-6-7-10-17(16)15-22/h6-7,9-10,22H,3-5,8,11-15H2,1-2H3,(H2,19,20,21). The van der Waals surface area contributed by atoms with E-state index in [1.54, 1.807) is 0 Å². The molecule has 0 radical (unpaired) electrons. The summed E-state index contributed by atoms with van der Waals surface area (Å²) in [6.07, 6.45) is 3.26. The molecule has 0 aromatic heterocycles. The summed E-state index contributed by atoms with van der Waals surface area (Å²) in [5.74, 6) is 0.800. The minimum Gasteiger partial charge on any atom is -0.392 e. The molecule has 0 aliphatic heterocycles. The van der Waals surface area contributed by atoms with Gasteiger partial charge < -0.3 is 20.5 Å². The molecule has 3 N–H and O–H groups in total. The molecule has 0 saturated heterocycles. The molecule has 0 unspecified atom stereocenters. The molecule has 0 spiro atoms. The largest absolute Gasteiger partial charge is 0.392 e. The summed E-state index contributed by atoms with van der Waals surface area (Å²) >= 11 is 0. The van der Waals surface area contributed by atoms with Crippen LogP contribution in [0.3, 0.4) is 0 Å². The topological polar surface area (TPSA) is 65.9 Å². The quantitative estimate of drug-likeness (QED) is 0.333. The second-order valence-corrected chi connectivity index (χ2v) is 5.37. The molecule has 0 atom stereocenters. The third kappa shape index (κ3) is 8.57. The normalized spacial score (nSPS) is 11.5. The Hall–Kier alpha value is -1.59. The van der Waals surface area contributed by atoms with E-state index in [2.05, 4.69) is 22.5 Å². The lowest BCUT2D eigenvalue weighted by molar-refractivity contribution is 0.129. The van der Waals surface area contributed by atoms with Gasteiger partial charge in [0.1, 0.15) is 0 Å². The van der Waals surface area contributed by atoms with Crippen molar-refractivity contribution in [2.24, 2.45) is 4.99 Å². The van der Waals surface area contributed by atoms with Crippen LogP contribution in [-0.2, 0) is 17.9 Å². The van der Waals surface area contributed by atoms with E-state index in [4.69, 9.17) is 4.74 Å². The first-order valence-electron chi connectivity index (χ1n) is 8.59. The first-order valence-corrected chi connectivity index (χ1v) is 8.59. The average molecular weight is 321 g/mol. The third-order valence-electron chi connectivity index (χ3n) is 3.44. The second kappa shape index (κ2) is 12.9. The Morgan fingerprint density at radius 2 is 1.83 bits per heavy atom. The predicted octanol–water partition coefficient (Wildman–Crippen LogP) is 2.44. The fourth-order valence-corrected chi connectivity index (χ4v) is 2.10. The highest BCUT2D eigenvalue weighted by Gasteiger charge is 2.01. The van der Waals surface area contributed by atoms with Gasteiger partial charge in [-0.15, -0.1) is 0 Å². The molecule has 0 saturated carbocycles. The van der Waals surface area contributed by atoms with E-state index in [9.17, 15) is 5.11 Å². The van der Waals surface area contributed by atoms with Gasteiger partial charge in [-0.2, -0.15) is 0 Å². The fraction of sp³-hybridized carbons (Fsp3) is 0.611. The molecule has 0 aliphatic rings. The van der Waals surface area contributed by atoms with Gasteiger partial charge in [0.2, 0.25) is 0 Å². The van der Waals surface area contributed by atoms with Crippen molar-refractivity contribution in [3.63, 3.8) is 0 Å². The number of hydrogen-bond donors (Lipinski definition) is 3. The summed E-state index contributed by atoms with van der Waals surface area (Å²) in [7, 11) is 0. The number of nitrogens with one attached hydrogen (secondary N) is 2. The summed E-state index contributed by atoms with van der Waals surface area (Å²) in [5, 5.41) is 15.9. The molecule has 5 nitrogen and oxygen atoms in total. The Kier molecular flexibility index (Phi) is 10.9. The fourth-order valence-electron chi connectivity index (χ4n) is 2.10. The number of aliphatic hydroxyl groups excluding tert-OH is 1. The number of aliphatic imine (C=N–C) groups is 1. The second-order valence-electron chi connectivity index (χ2n) is 5.37. The van der Waals surface area contributed by atoms with Crippen molar-refractivity contribution < 1.29 is 9.84 Å². The minimum atomic E-state index is 0.0464. The van der Waals surface area contributed by atoms with Gasteiger partial charge in [-0.05, 0) is 30.9 Å². The Bertz CT molecular complexity index is 450. The van der Waals surface area contributed by atoms with Gasteiger partial charge in [-0.3, -0.25) is 0 Å². The van der Waals surface area contributed by atoms with Crippen LogP contribution in [0.4, 0.5) is 0 Å². The monoisotopic (exact) mass is 321 g/mol. The summed E-state index contributed by atoms with van der Waals surface area (Å²) < 4.78 is 5.55. The first-order chi connectivity index (χ1) is 11.3. The Balaban J connectivity index is 2.38. The number of aliphatic hydroxyl groups is 1. The van der Waals surface area contributed by atoms with E-state index < -0.39 is 0 Å². The van der Waals surface area contributed by atoms with E-state index in [0.717, 1.165) is 56.2 Å². The van der Waals surface area contributed by atoms with Gasteiger partial charge in [0.25, 0.3) is 0 Å². The molecule has 0 amide bonds. The van der Waals surface area contributed by atoms with Gasteiger partial charge >= 0.3 is 0 Å². The van der Waals surface area contributed by atoms with E-state index in [1.807, 2.05) is 31.2 Å². The van der Waals surface area contributed by atoms with Crippen molar-refractivity contribution in [1.82, 2.24) is 10.6 Å². The summed E-state index contributed by atoms with van der Waals surface area (Å²) in [4.78, 5) is 4.58. The van der Waals surface area contributed by atoms with Crippen LogP contribution in [-0.4, -0.2) is 37.4 Å². The van der Waals surface area contributed by atoms with Crippen LogP contribution in [0, 0.1) is 0 Å². The SMILES string of the molecule is CCCCOCCCNC(=NCc1ccccc1CO)NCC. The number of ether oxygens (including phenoxy) is 1. The smallest absolute Gasteiger partial charge is 0.191 e. The molecule has 0 bridgehead atoms. The number of nitrogens with zero attached hydrogens (tertiary/aromatic N) is 1. The molecule has 130 valence electrons. The van der Waals surface area contributed by atoms with E-state index in [1.165, 1.54) is 6.42 Å². The lowest BCUT2D eigenvalue weighted by Crippen LogP contribution is -2.38. The average Bonchev–Trinajstić information content (AvgIpc) is 2.59. The molecule has 1 aromatic rings. The zero-order valence-electron chi connectivity index (χ0n) is 14.5. The summed E-state index contributed by atoms with van der Waals surface area (Å²) in [6.45, 7) is 8.10. The van der Waals surface area contributed by atoms with Crippen molar-refractivity contribution in [3.05, 3.63) is 35.4 Å². The molecule has 0 heterocycles. The zero-order chi connectivity index (χ0) is 16.8. The van der Waals surface area contributed by atoms with Crippen molar-refractivity contribution in [2.45, 2.75) is 46.3 Å². The summed E-state index contributed by atoms with van der Waals surface area (Å²) in [5.41, 5.74) is 1.98. The van der Waals surface area contributed by atoms with Crippen LogP contribution >= 0.6 is 0 Å². The summed E-state index contributed by atoms with van der Waals surface area (Å²) in [6, 6.07) is 7.83. The van der Waals surface area contributed by atoms with Crippen LogP contribution in [0.25, 0.3) is 0 Å². The molecular formula is C18H31N3O2. The number of unbranched alkanes of at least 4 members (excludes halogenated alkanes) is 1. The maximum Gasteiger partial charge on any atom is 0.191 e. The minimum absolute atomic E-state index is 0.0464. The van der Waals surface area contributed by atoms with Crippen LogP contribution in [0.2, 0.25) is 0 Å². The van der Waals surface area contributed by atoms with Crippen molar-refractivity contribution in [1.29, 1.82) is 0 Å². The molecule has 5 heteroatoms. The molecule has 0 aliphatic carbocycles. The highest BCUT2D eigenvalue weighted by atomic mass is 16.5. The molecule has 0 fully saturated rings. The van der Waals surface area contributed by atoms with E-state index in [-0.39, 0.29) is 6.61 Å². The maximum atomic E-state index is 9.36. The van der Waals surface area contributed by atoms with E-state index in [0.29, 0.717) is 6.54 Å². The van der Waals surface area contributed by atoms with Crippen molar-refractivity contribution in [3.8, 4) is 0 Å². The van der Waals surface area contributed by atoms with Gasteiger partial charge in [0.15, 0.2) is 5.96 Å². The van der Waals surface area contributed by atoms with Gasteiger partial charge in [-0.1, -0.05) is 37.6 Å². The maximum absolute atomic E-state index is 9.36. The van der Waals surface area contributed by atoms with Crippen LogP contribution in [0.1, 0.15) is 44.2 Å². The number of rotatable bonds is 11. The van der Waals surface area contributed by atoms with Gasteiger partial charge in [0.05, 0.1) is 13.2 Å². The Morgan fingerprint density at radius 3 is 2.52 bits per heavy atom. The van der Waals surface area contributed by atoms with Crippen LogP contribution in [0.15, 0.2) is 29.3 Å². The van der Waals surface area contributed by atoms with Crippen molar-refractivity contribution >= 4 is 5.96 Å². The molecule has 1 rings (SSSR count). The number of benzene rings is 1. The zero-order valence-corrected chi connectivity index (χ0v) is 14.5. The first kappa shape index (κ1) is 19.5.